The number of aromatic nitrogens is 2. The first kappa shape index (κ1) is 17.5. The first-order valence-corrected chi connectivity index (χ1v) is 8.30. The Morgan fingerprint density at radius 2 is 2.04 bits per heavy atom. The van der Waals surface area contributed by atoms with Crippen molar-refractivity contribution in [1.29, 1.82) is 0 Å². The summed E-state index contributed by atoms with van der Waals surface area (Å²) in [6.07, 6.45) is 1.20. The molecule has 1 aliphatic heterocycles. The van der Waals surface area contributed by atoms with Gasteiger partial charge < -0.3 is 14.8 Å². The molecule has 2 aromatic carbocycles. The van der Waals surface area contributed by atoms with Crippen LogP contribution in [-0.4, -0.2) is 27.2 Å². The maximum absolute atomic E-state index is 12.5. The van der Waals surface area contributed by atoms with E-state index in [9.17, 15) is 19.7 Å². The number of non-ortho nitro benzene ring substituents is 1. The minimum atomic E-state index is -0.559. The van der Waals surface area contributed by atoms with Crippen molar-refractivity contribution in [3.63, 3.8) is 0 Å². The molecular weight excluding hydrogens is 368 g/mol. The van der Waals surface area contributed by atoms with Crippen LogP contribution < -0.4 is 20.3 Å². The highest BCUT2D eigenvalue weighted by atomic mass is 16.7. The predicted molar refractivity (Wildman–Crippen MR) is 97.1 cm³/mol. The number of carbonyl (C=O) groups excluding carboxylic acids is 1. The van der Waals surface area contributed by atoms with Gasteiger partial charge in [-0.1, -0.05) is 6.07 Å². The lowest BCUT2D eigenvalue weighted by atomic mass is 10.2. The third kappa shape index (κ3) is 3.34. The summed E-state index contributed by atoms with van der Waals surface area (Å²) in [5, 5.41) is 13.8. The standard InChI is InChI=1S/C18H14N4O6/c23-17(19-7-11-1-4-15-16(5-11)28-10-27-15)8-21-9-20-14-6-12(22(25)26)2-3-13(14)18(21)24/h1-6,9H,7-8,10H2,(H,19,23). The molecule has 0 aliphatic carbocycles. The maximum atomic E-state index is 12.5. The monoisotopic (exact) mass is 382 g/mol. The normalized spacial score (nSPS) is 12.1. The molecule has 0 saturated carbocycles. The van der Waals surface area contributed by atoms with Gasteiger partial charge in [0.15, 0.2) is 11.5 Å². The molecule has 0 radical (unpaired) electrons. The Morgan fingerprint density at radius 1 is 1.21 bits per heavy atom. The first-order chi connectivity index (χ1) is 13.5. The van der Waals surface area contributed by atoms with Gasteiger partial charge in [0.1, 0.15) is 6.54 Å². The van der Waals surface area contributed by atoms with Crippen LogP contribution in [0.15, 0.2) is 47.5 Å². The quantitative estimate of drug-likeness (QED) is 0.521. The number of nitrogens with one attached hydrogen (secondary N) is 1. The molecule has 0 atom stereocenters. The Morgan fingerprint density at radius 3 is 2.86 bits per heavy atom. The topological polar surface area (TPSA) is 126 Å². The molecule has 10 nitrogen and oxygen atoms in total. The van der Waals surface area contributed by atoms with Crippen LogP contribution in [0.3, 0.4) is 0 Å². The third-order valence-corrected chi connectivity index (χ3v) is 4.26. The second kappa shape index (κ2) is 6.99. The number of nitro groups is 1. The summed E-state index contributed by atoms with van der Waals surface area (Å²) in [7, 11) is 0. The van der Waals surface area contributed by atoms with Gasteiger partial charge in [0, 0.05) is 18.7 Å². The second-order valence-electron chi connectivity index (χ2n) is 6.10. The smallest absolute Gasteiger partial charge is 0.271 e. The average molecular weight is 382 g/mol. The Labute approximate surface area is 157 Å². The molecule has 142 valence electrons. The van der Waals surface area contributed by atoms with E-state index in [4.69, 9.17) is 9.47 Å². The van der Waals surface area contributed by atoms with Crippen LogP contribution in [0.1, 0.15) is 5.56 Å². The molecule has 3 aromatic rings. The molecule has 0 saturated heterocycles. The van der Waals surface area contributed by atoms with Crippen LogP contribution in [0.4, 0.5) is 5.69 Å². The fourth-order valence-corrected chi connectivity index (χ4v) is 2.84. The van der Waals surface area contributed by atoms with Crippen molar-refractivity contribution in [3.8, 4) is 11.5 Å². The van der Waals surface area contributed by atoms with Crippen LogP contribution in [-0.2, 0) is 17.9 Å². The minimum absolute atomic E-state index is 0.154. The predicted octanol–water partition coefficient (Wildman–Crippen LogP) is 1.35. The first-order valence-electron chi connectivity index (χ1n) is 8.30. The van der Waals surface area contributed by atoms with Crippen molar-refractivity contribution in [2.75, 3.05) is 6.79 Å². The van der Waals surface area contributed by atoms with E-state index in [1.165, 1.54) is 24.5 Å². The number of rotatable bonds is 5. The molecule has 1 aliphatic rings. The fraction of sp³-hybridized carbons (Fsp3) is 0.167. The van der Waals surface area contributed by atoms with Crippen molar-refractivity contribution in [2.24, 2.45) is 0 Å². The largest absolute Gasteiger partial charge is 0.454 e. The number of benzene rings is 2. The fourth-order valence-electron chi connectivity index (χ4n) is 2.84. The Balaban J connectivity index is 1.46. The number of hydrogen-bond donors (Lipinski definition) is 1. The summed E-state index contributed by atoms with van der Waals surface area (Å²) < 4.78 is 11.7. The van der Waals surface area contributed by atoms with Crippen LogP contribution in [0.5, 0.6) is 11.5 Å². The molecule has 10 heteroatoms. The van der Waals surface area contributed by atoms with Gasteiger partial charge in [-0.3, -0.25) is 24.3 Å². The summed E-state index contributed by atoms with van der Waals surface area (Å²) >= 11 is 0. The number of fused-ring (bicyclic) bond motifs is 2. The van der Waals surface area contributed by atoms with Crippen LogP contribution >= 0.6 is 0 Å². The number of amides is 1. The molecule has 28 heavy (non-hydrogen) atoms. The van der Waals surface area contributed by atoms with E-state index < -0.39 is 10.5 Å². The van der Waals surface area contributed by atoms with Gasteiger partial charge in [-0.2, -0.15) is 0 Å². The van der Waals surface area contributed by atoms with E-state index in [1.54, 1.807) is 12.1 Å². The number of hydrogen-bond acceptors (Lipinski definition) is 7. The van der Waals surface area contributed by atoms with E-state index in [0.29, 0.717) is 11.5 Å². The average Bonchev–Trinajstić information content (AvgIpc) is 3.16. The van der Waals surface area contributed by atoms with E-state index in [2.05, 4.69) is 10.3 Å². The van der Waals surface area contributed by atoms with E-state index in [0.717, 1.165) is 10.1 Å². The summed E-state index contributed by atoms with van der Waals surface area (Å²) in [4.78, 5) is 39.0. The van der Waals surface area contributed by atoms with Gasteiger partial charge in [-0.05, 0) is 23.8 Å². The molecule has 1 N–H and O–H groups in total. The van der Waals surface area contributed by atoms with E-state index in [1.807, 2.05) is 6.07 Å². The lowest BCUT2D eigenvalue weighted by molar-refractivity contribution is -0.384. The zero-order chi connectivity index (χ0) is 19.7. The maximum Gasteiger partial charge on any atom is 0.271 e. The van der Waals surface area contributed by atoms with E-state index in [-0.39, 0.29) is 42.4 Å². The highest BCUT2D eigenvalue weighted by Gasteiger charge is 2.14. The number of nitrogens with zero attached hydrogens (tertiary/aromatic N) is 3. The summed E-state index contributed by atoms with van der Waals surface area (Å²) in [6.45, 7) is 0.215. The van der Waals surface area contributed by atoms with Gasteiger partial charge in [0.2, 0.25) is 12.7 Å². The summed E-state index contributed by atoms with van der Waals surface area (Å²) in [5.74, 6) is 0.905. The summed E-state index contributed by atoms with van der Waals surface area (Å²) in [5.41, 5.74) is 0.432. The molecule has 0 unspecified atom stereocenters. The molecule has 4 rings (SSSR count). The Hall–Kier alpha value is -3.95. The summed E-state index contributed by atoms with van der Waals surface area (Å²) in [6, 6.07) is 9.14. The zero-order valence-electron chi connectivity index (χ0n) is 14.5. The van der Waals surface area contributed by atoms with Gasteiger partial charge in [0.25, 0.3) is 11.2 Å². The Bertz CT molecular complexity index is 1160. The molecule has 0 bridgehead atoms. The van der Waals surface area contributed by atoms with E-state index >= 15 is 0 Å². The molecule has 0 spiro atoms. The molecule has 0 fully saturated rings. The lowest BCUT2D eigenvalue weighted by Crippen LogP contribution is -2.32. The molecule has 1 amide bonds. The van der Waals surface area contributed by atoms with Crippen molar-refractivity contribution in [1.82, 2.24) is 14.9 Å². The minimum Gasteiger partial charge on any atom is -0.454 e. The lowest BCUT2D eigenvalue weighted by Gasteiger charge is -2.08. The zero-order valence-corrected chi connectivity index (χ0v) is 14.5. The molecule has 2 heterocycles. The molecular formula is C18H14N4O6. The molecule has 1 aromatic heterocycles. The van der Waals surface area contributed by atoms with Gasteiger partial charge in [-0.25, -0.2) is 4.98 Å². The number of nitro benzene ring substituents is 1. The van der Waals surface area contributed by atoms with Gasteiger partial charge in [0.05, 0.1) is 22.2 Å². The van der Waals surface area contributed by atoms with Gasteiger partial charge in [-0.15, -0.1) is 0 Å². The highest BCUT2D eigenvalue weighted by molar-refractivity contribution is 5.80. The second-order valence-corrected chi connectivity index (χ2v) is 6.10. The van der Waals surface area contributed by atoms with Crippen molar-refractivity contribution in [2.45, 2.75) is 13.1 Å². The number of ether oxygens (including phenoxy) is 2. The van der Waals surface area contributed by atoms with Crippen LogP contribution in [0, 0.1) is 10.1 Å². The SMILES string of the molecule is O=C(Cn1cnc2cc([N+](=O)[O-])ccc2c1=O)NCc1ccc2c(c1)OCO2. The van der Waals surface area contributed by atoms with Crippen molar-refractivity contribution >= 4 is 22.5 Å². The van der Waals surface area contributed by atoms with Crippen molar-refractivity contribution in [3.05, 3.63) is 68.8 Å². The van der Waals surface area contributed by atoms with Crippen LogP contribution in [0.2, 0.25) is 0 Å². The Kier molecular flexibility index (Phi) is 4.36. The third-order valence-electron chi connectivity index (χ3n) is 4.26. The van der Waals surface area contributed by atoms with Gasteiger partial charge >= 0.3 is 0 Å². The highest BCUT2D eigenvalue weighted by Crippen LogP contribution is 2.32. The van der Waals surface area contributed by atoms with Crippen LogP contribution in [0.25, 0.3) is 10.9 Å². The number of carbonyl (C=O) groups is 1. The van der Waals surface area contributed by atoms with Crippen molar-refractivity contribution < 1.29 is 19.2 Å².